The molecule has 116 valence electrons. The first-order valence-corrected chi connectivity index (χ1v) is 6.54. The molecule has 0 radical (unpaired) electrons. The molecule has 1 amide bonds. The Labute approximate surface area is 121 Å². The van der Waals surface area contributed by atoms with E-state index in [1.54, 1.807) is 4.68 Å². The maximum Gasteiger partial charge on any atom is 0.326 e. The van der Waals surface area contributed by atoms with Gasteiger partial charge in [-0.25, -0.2) is 4.79 Å². The zero-order chi connectivity index (χ0) is 16.0. The first-order valence-electron chi connectivity index (χ1n) is 6.54. The van der Waals surface area contributed by atoms with Crippen molar-refractivity contribution < 1.29 is 24.6 Å². The van der Waals surface area contributed by atoms with Crippen LogP contribution in [0.5, 0.6) is 0 Å². The van der Waals surface area contributed by atoms with Gasteiger partial charge in [0.05, 0.1) is 5.69 Å². The molecule has 0 bridgehead atoms. The third-order valence-electron chi connectivity index (χ3n) is 2.93. The van der Waals surface area contributed by atoms with Crippen LogP contribution in [0.4, 0.5) is 0 Å². The van der Waals surface area contributed by atoms with E-state index in [9.17, 15) is 14.4 Å². The van der Waals surface area contributed by atoms with E-state index < -0.39 is 23.9 Å². The highest BCUT2D eigenvalue weighted by Crippen LogP contribution is 2.03. The normalized spacial score (nSPS) is 11.9. The van der Waals surface area contributed by atoms with Gasteiger partial charge in [0.25, 0.3) is 0 Å². The van der Waals surface area contributed by atoms with Gasteiger partial charge in [0.2, 0.25) is 5.91 Å². The SMILES string of the molecule is Cc1cc(C)n(CCC(=O)NC(CCC(=O)O)C(=O)O)n1. The molecule has 3 N–H and O–H groups in total. The van der Waals surface area contributed by atoms with Gasteiger partial charge in [-0.15, -0.1) is 0 Å². The molecule has 0 spiro atoms. The highest BCUT2D eigenvalue weighted by Gasteiger charge is 2.20. The second-order valence-corrected chi connectivity index (χ2v) is 4.79. The van der Waals surface area contributed by atoms with Crippen LogP contribution in [0.2, 0.25) is 0 Å². The van der Waals surface area contributed by atoms with Gasteiger partial charge in [0.1, 0.15) is 6.04 Å². The summed E-state index contributed by atoms with van der Waals surface area (Å²) in [5, 5.41) is 24.0. The van der Waals surface area contributed by atoms with Crippen molar-refractivity contribution in [1.29, 1.82) is 0 Å². The van der Waals surface area contributed by atoms with Crippen LogP contribution in [0.1, 0.15) is 30.7 Å². The van der Waals surface area contributed by atoms with Crippen molar-refractivity contribution in [3.63, 3.8) is 0 Å². The number of nitrogens with one attached hydrogen (secondary N) is 1. The number of hydrogen-bond acceptors (Lipinski definition) is 4. The smallest absolute Gasteiger partial charge is 0.326 e. The number of amides is 1. The summed E-state index contributed by atoms with van der Waals surface area (Å²) in [6, 6.07) is 0.694. The third kappa shape index (κ3) is 5.64. The molecule has 0 aromatic carbocycles. The highest BCUT2D eigenvalue weighted by atomic mass is 16.4. The third-order valence-corrected chi connectivity index (χ3v) is 2.93. The van der Waals surface area contributed by atoms with E-state index in [4.69, 9.17) is 10.2 Å². The summed E-state index contributed by atoms with van der Waals surface area (Å²) in [4.78, 5) is 33.1. The molecule has 1 atom stereocenters. The Bertz CT molecular complexity index is 538. The van der Waals surface area contributed by atoms with Gasteiger partial charge in [-0.05, 0) is 26.3 Å². The fourth-order valence-electron chi connectivity index (χ4n) is 1.90. The molecule has 0 aliphatic heterocycles. The number of carboxylic acid groups (broad SMARTS) is 2. The molecule has 0 saturated carbocycles. The number of carboxylic acids is 2. The van der Waals surface area contributed by atoms with Gasteiger partial charge in [-0.3, -0.25) is 14.3 Å². The molecular weight excluding hydrogens is 278 g/mol. The largest absolute Gasteiger partial charge is 0.481 e. The van der Waals surface area contributed by atoms with E-state index in [0.717, 1.165) is 11.4 Å². The highest BCUT2D eigenvalue weighted by molar-refractivity contribution is 5.83. The lowest BCUT2D eigenvalue weighted by atomic mass is 10.1. The van der Waals surface area contributed by atoms with Crippen LogP contribution in [-0.4, -0.2) is 43.9 Å². The summed E-state index contributed by atoms with van der Waals surface area (Å²) in [6.07, 6.45) is -0.371. The van der Waals surface area contributed by atoms with E-state index >= 15 is 0 Å². The van der Waals surface area contributed by atoms with Crippen LogP contribution < -0.4 is 5.32 Å². The number of carbonyl (C=O) groups excluding carboxylic acids is 1. The molecule has 0 aliphatic carbocycles. The van der Waals surface area contributed by atoms with E-state index in [1.807, 2.05) is 19.9 Å². The Morgan fingerprint density at radius 2 is 1.95 bits per heavy atom. The average Bonchev–Trinajstić information content (AvgIpc) is 2.69. The van der Waals surface area contributed by atoms with Crippen molar-refractivity contribution in [3.8, 4) is 0 Å². The predicted octanol–water partition coefficient (Wildman–Crippen LogP) is 0.324. The number of aliphatic carboxylic acids is 2. The number of aromatic nitrogens is 2. The zero-order valence-corrected chi connectivity index (χ0v) is 12.0. The molecule has 1 heterocycles. The van der Waals surface area contributed by atoms with Crippen molar-refractivity contribution >= 4 is 17.8 Å². The number of carbonyl (C=O) groups is 3. The summed E-state index contributed by atoms with van der Waals surface area (Å²) in [5.41, 5.74) is 1.76. The maximum atomic E-state index is 11.7. The van der Waals surface area contributed by atoms with Crippen LogP contribution in [-0.2, 0) is 20.9 Å². The summed E-state index contributed by atoms with van der Waals surface area (Å²) >= 11 is 0. The molecule has 0 aliphatic rings. The quantitative estimate of drug-likeness (QED) is 0.635. The molecule has 1 rings (SSSR count). The number of nitrogens with zero attached hydrogens (tertiary/aromatic N) is 2. The second kappa shape index (κ2) is 7.41. The van der Waals surface area contributed by atoms with Crippen molar-refractivity contribution in [1.82, 2.24) is 15.1 Å². The van der Waals surface area contributed by atoms with Gasteiger partial charge in [-0.1, -0.05) is 0 Å². The fourth-order valence-corrected chi connectivity index (χ4v) is 1.90. The standard InChI is InChI=1S/C13H19N3O5/c1-8-7-9(2)16(15-8)6-5-11(17)14-10(13(20)21)3-4-12(18)19/h7,10H,3-6H2,1-2H3,(H,14,17)(H,18,19)(H,20,21). The van der Waals surface area contributed by atoms with Gasteiger partial charge < -0.3 is 15.5 Å². The van der Waals surface area contributed by atoms with Crippen molar-refractivity contribution in [2.24, 2.45) is 0 Å². The Morgan fingerprint density at radius 3 is 2.43 bits per heavy atom. The molecule has 21 heavy (non-hydrogen) atoms. The van der Waals surface area contributed by atoms with Gasteiger partial charge in [0, 0.05) is 25.1 Å². The van der Waals surface area contributed by atoms with E-state index in [0.29, 0.717) is 6.54 Å². The van der Waals surface area contributed by atoms with Gasteiger partial charge >= 0.3 is 11.9 Å². The van der Waals surface area contributed by atoms with Gasteiger partial charge in [-0.2, -0.15) is 5.10 Å². The lowest BCUT2D eigenvalue weighted by molar-refractivity contribution is -0.143. The lowest BCUT2D eigenvalue weighted by Gasteiger charge is -2.13. The van der Waals surface area contributed by atoms with Crippen LogP contribution in [0.15, 0.2) is 6.07 Å². The Hall–Kier alpha value is -2.38. The summed E-state index contributed by atoms with van der Waals surface area (Å²) in [5.74, 6) is -2.78. The van der Waals surface area contributed by atoms with Crippen molar-refractivity contribution in [2.75, 3.05) is 0 Å². The maximum absolute atomic E-state index is 11.7. The van der Waals surface area contributed by atoms with Crippen molar-refractivity contribution in [3.05, 3.63) is 17.5 Å². The fraction of sp³-hybridized carbons (Fsp3) is 0.538. The van der Waals surface area contributed by atoms with E-state index in [2.05, 4.69) is 10.4 Å². The summed E-state index contributed by atoms with van der Waals surface area (Å²) < 4.78 is 1.67. The van der Waals surface area contributed by atoms with Crippen LogP contribution in [0.3, 0.4) is 0 Å². The molecule has 8 heteroatoms. The molecule has 0 fully saturated rings. The molecular formula is C13H19N3O5. The topological polar surface area (TPSA) is 122 Å². The summed E-state index contributed by atoms with van der Waals surface area (Å²) in [7, 11) is 0. The number of hydrogen-bond donors (Lipinski definition) is 3. The van der Waals surface area contributed by atoms with Crippen LogP contribution >= 0.6 is 0 Å². The van der Waals surface area contributed by atoms with Crippen molar-refractivity contribution in [2.45, 2.75) is 45.7 Å². The molecule has 0 saturated heterocycles. The van der Waals surface area contributed by atoms with Crippen LogP contribution in [0.25, 0.3) is 0 Å². The first-order chi connectivity index (χ1) is 9.79. The van der Waals surface area contributed by atoms with Crippen LogP contribution in [0, 0.1) is 13.8 Å². The molecule has 8 nitrogen and oxygen atoms in total. The Morgan fingerprint density at radius 1 is 1.29 bits per heavy atom. The molecule has 1 aromatic rings. The molecule has 1 unspecified atom stereocenters. The monoisotopic (exact) mass is 297 g/mol. The van der Waals surface area contributed by atoms with Gasteiger partial charge in [0.15, 0.2) is 0 Å². The predicted molar refractivity (Wildman–Crippen MR) is 72.8 cm³/mol. The number of aryl methyl sites for hydroxylation is 3. The minimum absolute atomic E-state index is 0.0822. The average molecular weight is 297 g/mol. The summed E-state index contributed by atoms with van der Waals surface area (Å²) in [6.45, 7) is 4.05. The van der Waals surface area contributed by atoms with E-state index in [-0.39, 0.29) is 19.3 Å². The minimum Gasteiger partial charge on any atom is -0.481 e. The zero-order valence-electron chi connectivity index (χ0n) is 12.0. The Kier molecular flexibility index (Phi) is 5.89. The Balaban J connectivity index is 2.48. The second-order valence-electron chi connectivity index (χ2n) is 4.79. The minimum atomic E-state index is -1.24. The number of rotatable bonds is 8. The molecule has 1 aromatic heterocycles. The lowest BCUT2D eigenvalue weighted by Crippen LogP contribution is -2.41. The van der Waals surface area contributed by atoms with E-state index in [1.165, 1.54) is 0 Å². The first kappa shape index (κ1) is 16.7.